The van der Waals surface area contributed by atoms with Gasteiger partial charge in [0, 0.05) is 16.7 Å². The highest BCUT2D eigenvalue weighted by Crippen LogP contribution is 2.34. The van der Waals surface area contributed by atoms with Crippen molar-refractivity contribution >= 4 is 22.2 Å². The lowest BCUT2D eigenvalue weighted by Gasteiger charge is -2.09. The number of aromatic nitrogens is 2. The van der Waals surface area contributed by atoms with Gasteiger partial charge in [0.25, 0.3) is 0 Å². The maximum atomic E-state index is 11.9. The summed E-state index contributed by atoms with van der Waals surface area (Å²) >= 11 is 0. The highest BCUT2D eigenvalue weighted by Gasteiger charge is 2.19. The summed E-state index contributed by atoms with van der Waals surface area (Å²) in [4.78, 5) is 21.2. The summed E-state index contributed by atoms with van der Waals surface area (Å²) in [6.45, 7) is 3.66. The van der Waals surface area contributed by atoms with Crippen LogP contribution >= 0.6 is 0 Å². The number of aryl methyl sites for hydroxylation is 1. The monoisotopic (exact) mass is 342 g/mol. The molecule has 1 aliphatic heterocycles. The number of nitrogens with zero attached hydrogens (tertiary/aromatic N) is 2. The Kier molecular flexibility index (Phi) is 3.00. The lowest BCUT2D eigenvalue weighted by molar-refractivity contribution is 0.597. The number of benzene rings is 3. The van der Waals surface area contributed by atoms with Crippen LogP contribution in [0.5, 0.6) is 0 Å². The van der Waals surface area contributed by atoms with Crippen LogP contribution in [0.4, 0.5) is 0 Å². The Hall–Kier alpha value is -3.47. The molecule has 2 aliphatic rings. The van der Waals surface area contributed by atoms with Gasteiger partial charge in [0.05, 0.1) is 0 Å². The standard InChI is InChI=1S/C21H14N2O3/c1-11-17(24)9-8-14-18(11)25-19-12(2)20-16(10-15(19)22-14)23-21(26-20)13-6-4-3-5-7-13/h3-10H,1-2H3. The molecule has 0 saturated heterocycles. The van der Waals surface area contributed by atoms with Gasteiger partial charge >= 0.3 is 0 Å². The topological polar surface area (TPSA) is 69.1 Å². The van der Waals surface area contributed by atoms with E-state index in [1.165, 1.54) is 6.07 Å². The van der Waals surface area contributed by atoms with Crippen molar-refractivity contribution in [3.05, 3.63) is 69.9 Å². The SMILES string of the molecule is Cc1c2oc3c(C)c4oc(-c5ccccc5)nc4cc3nc-2ccc1=O. The smallest absolute Gasteiger partial charge is 0.227 e. The van der Waals surface area contributed by atoms with Gasteiger partial charge in [0.1, 0.15) is 16.7 Å². The Labute approximate surface area is 148 Å². The van der Waals surface area contributed by atoms with E-state index in [0.717, 1.165) is 16.6 Å². The van der Waals surface area contributed by atoms with Crippen molar-refractivity contribution in [2.45, 2.75) is 13.8 Å². The molecule has 0 bridgehead atoms. The lowest BCUT2D eigenvalue weighted by atomic mass is 10.1. The predicted molar refractivity (Wildman–Crippen MR) is 99.4 cm³/mol. The molecule has 5 heteroatoms. The lowest BCUT2D eigenvalue weighted by Crippen LogP contribution is -2.06. The number of rotatable bonds is 1. The fourth-order valence-corrected chi connectivity index (χ4v) is 3.21. The zero-order valence-electron chi connectivity index (χ0n) is 14.2. The van der Waals surface area contributed by atoms with E-state index in [1.54, 1.807) is 13.0 Å². The first-order valence-electron chi connectivity index (χ1n) is 8.31. The molecule has 1 aromatic heterocycles. The average molecular weight is 342 g/mol. The Bertz CT molecular complexity index is 1320. The van der Waals surface area contributed by atoms with Gasteiger partial charge in [0.15, 0.2) is 22.4 Å². The minimum atomic E-state index is -0.0628. The largest absolute Gasteiger partial charge is 0.452 e. The van der Waals surface area contributed by atoms with Crippen molar-refractivity contribution in [2.24, 2.45) is 0 Å². The van der Waals surface area contributed by atoms with Gasteiger partial charge in [-0.3, -0.25) is 4.79 Å². The Morgan fingerprint density at radius 1 is 0.808 bits per heavy atom. The van der Waals surface area contributed by atoms with Gasteiger partial charge in [0.2, 0.25) is 5.89 Å². The molecule has 2 heterocycles. The molecule has 3 aromatic rings. The quantitative estimate of drug-likeness (QED) is 0.412. The van der Waals surface area contributed by atoms with Gasteiger partial charge in [-0.1, -0.05) is 18.2 Å². The fourth-order valence-electron chi connectivity index (χ4n) is 3.21. The molecule has 0 saturated carbocycles. The summed E-state index contributed by atoms with van der Waals surface area (Å²) in [6.07, 6.45) is 0. The van der Waals surface area contributed by atoms with Crippen molar-refractivity contribution < 1.29 is 8.83 Å². The van der Waals surface area contributed by atoms with Crippen molar-refractivity contribution in [1.82, 2.24) is 9.97 Å². The van der Waals surface area contributed by atoms with Crippen molar-refractivity contribution in [3.8, 4) is 22.9 Å². The predicted octanol–water partition coefficient (Wildman–Crippen LogP) is 4.72. The maximum Gasteiger partial charge on any atom is 0.227 e. The molecule has 0 amide bonds. The number of oxazole rings is 1. The molecular weight excluding hydrogens is 328 g/mol. The number of fused-ring (bicyclic) bond motifs is 3. The minimum Gasteiger partial charge on any atom is -0.452 e. The normalized spacial score (nSPS) is 11.6. The molecule has 1 aliphatic carbocycles. The molecule has 126 valence electrons. The Morgan fingerprint density at radius 2 is 1.54 bits per heavy atom. The molecule has 26 heavy (non-hydrogen) atoms. The Morgan fingerprint density at radius 3 is 2.35 bits per heavy atom. The van der Waals surface area contributed by atoms with Crippen LogP contribution in [0.15, 0.2) is 62.2 Å². The van der Waals surface area contributed by atoms with E-state index in [0.29, 0.717) is 39.6 Å². The Balaban J connectivity index is 1.85. The third-order valence-electron chi connectivity index (χ3n) is 4.64. The molecule has 0 atom stereocenters. The molecule has 5 rings (SSSR count). The highest BCUT2D eigenvalue weighted by molar-refractivity contribution is 5.95. The molecule has 0 unspecified atom stereocenters. The zero-order valence-corrected chi connectivity index (χ0v) is 14.2. The van der Waals surface area contributed by atoms with E-state index >= 15 is 0 Å². The third-order valence-corrected chi connectivity index (χ3v) is 4.64. The highest BCUT2D eigenvalue weighted by atomic mass is 16.4. The van der Waals surface area contributed by atoms with Crippen LogP contribution < -0.4 is 5.43 Å². The first-order chi connectivity index (χ1) is 12.6. The van der Waals surface area contributed by atoms with Gasteiger partial charge in [-0.15, -0.1) is 0 Å². The second kappa shape index (κ2) is 5.26. The molecular formula is C21H14N2O3. The summed E-state index contributed by atoms with van der Waals surface area (Å²) in [5, 5.41) is 0. The zero-order chi connectivity index (χ0) is 17.8. The molecule has 0 radical (unpaired) electrons. The number of hydrogen-bond acceptors (Lipinski definition) is 5. The fraction of sp³-hybridized carbons (Fsp3) is 0.0952. The summed E-state index contributed by atoms with van der Waals surface area (Å²) in [6, 6.07) is 14.8. The summed E-state index contributed by atoms with van der Waals surface area (Å²) < 4.78 is 12.1. The van der Waals surface area contributed by atoms with Crippen molar-refractivity contribution in [2.75, 3.05) is 0 Å². The summed E-state index contributed by atoms with van der Waals surface area (Å²) in [7, 11) is 0. The molecule has 0 N–H and O–H groups in total. The molecule has 0 spiro atoms. The van der Waals surface area contributed by atoms with E-state index in [4.69, 9.17) is 8.83 Å². The van der Waals surface area contributed by atoms with E-state index in [9.17, 15) is 4.79 Å². The second-order valence-corrected chi connectivity index (χ2v) is 6.33. The van der Waals surface area contributed by atoms with E-state index in [2.05, 4.69) is 9.97 Å². The average Bonchev–Trinajstić information content (AvgIpc) is 3.09. The van der Waals surface area contributed by atoms with Crippen LogP contribution in [-0.2, 0) is 0 Å². The van der Waals surface area contributed by atoms with Gasteiger partial charge in [-0.05, 0) is 44.2 Å². The van der Waals surface area contributed by atoms with Crippen LogP contribution in [0.1, 0.15) is 11.1 Å². The van der Waals surface area contributed by atoms with Gasteiger partial charge in [-0.2, -0.15) is 0 Å². The van der Waals surface area contributed by atoms with Crippen LogP contribution in [0.25, 0.3) is 45.1 Å². The third kappa shape index (κ3) is 2.07. The molecule has 0 fully saturated rings. The van der Waals surface area contributed by atoms with E-state index in [1.807, 2.05) is 43.3 Å². The van der Waals surface area contributed by atoms with E-state index < -0.39 is 0 Å². The van der Waals surface area contributed by atoms with E-state index in [-0.39, 0.29) is 5.43 Å². The van der Waals surface area contributed by atoms with Gasteiger partial charge < -0.3 is 8.83 Å². The summed E-state index contributed by atoms with van der Waals surface area (Å²) in [5.74, 6) is 1.07. The first kappa shape index (κ1) is 14.8. The van der Waals surface area contributed by atoms with Crippen LogP contribution in [0.3, 0.4) is 0 Å². The van der Waals surface area contributed by atoms with Crippen LogP contribution in [0, 0.1) is 13.8 Å². The van der Waals surface area contributed by atoms with Crippen molar-refractivity contribution in [1.29, 1.82) is 0 Å². The molecule has 2 aromatic carbocycles. The first-order valence-corrected chi connectivity index (χ1v) is 8.31. The maximum absolute atomic E-state index is 11.9. The van der Waals surface area contributed by atoms with Crippen LogP contribution in [0.2, 0.25) is 0 Å². The van der Waals surface area contributed by atoms with Crippen molar-refractivity contribution in [3.63, 3.8) is 0 Å². The molecule has 5 nitrogen and oxygen atoms in total. The summed E-state index contributed by atoms with van der Waals surface area (Å²) in [5.41, 5.74) is 5.56. The second-order valence-electron chi connectivity index (χ2n) is 6.33. The minimum absolute atomic E-state index is 0.0628. The van der Waals surface area contributed by atoms with Gasteiger partial charge in [-0.25, -0.2) is 9.97 Å². The van der Waals surface area contributed by atoms with Crippen LogP contribution in [-0.4, -0.2) is 9.97 Å². The number of hydrogen-bond donors (Lipinski definition) is 0.